The molecule has 2 aromatic rings. The van der Waals surface area contributed by atoms with E-state index in [4.69, 9.17) is 18.9 Å². The van der Waals surface area contributed by atoms with Gasteiger partial charge in [0.05, 0.1) is 43.4 Å². The van der Waals surface area contributed by atoms with Crippen molar-refractivity contribution in [2.24, 2.45) is 0 Å². The van der Waals surface area contributed by atoms with Crippen LogP contribution in [0.3, 0.4) is 0 Å². The highest BCUT2D eigenvalue weighted by Gasteiger charge is 2.22. The van der Waals surface area contributed by atoms with E-state index in [-0.39, 0.29) is 12.5 Å². The number of hydrogen-bond donors (Lipinski definition) is 1. The Labute approximate surface area is 182 Å². The zero-order chi connectivity index (χ0) is 21.6. The van der Waals surface area contributed by atoms with Gasteiger partial charge in [-0.25, -0.2) is 0 Å². The van der Waals surface area contributed by atoms with Crippen molar-refractivity contribution in [3.05, 3.63) is 47.5 Å². The van der Waals surface area contributed by atoms with Crippen molar-refractivity contribution in [1.82, 2.24) is 0 Å². The van der Waals surface area contributed by atoms with Gasteiger partial charge in [-0.1, -0.05) is 18.2 Å². The van der Waals surface area contributed by atoms with Gasteiger partial charge in [-0.05, 0) is 26.0 Å². The van der Waals surface area contributed by atoms with Crippen molar-refractivity contribution in [2.45, 2.75) is 13.8 Å². The second-order valence-electron chi connectivity index (χ2n) is 7.23. The summed E-state index contributed by atoms with van der Waals surface area (Å²) in [5.74, 6) is 1.88. The maximum Gasteiger partial charge on any atom is 0.255 e. The molecular weight excluding hydrogens is 396 g/mol. The monoisotopic (exact) mass is 424 g/mol. The van der Waals surface area contributed by atoms with Gasteiger partial charge >= 0.3 is 0 Å². The Kier molecular flexibility index (Phi) is 6.62. The number of ether oxygens (including phenoxy) is 4. The van der Waals surface area contributed by atoms with E-state index >= 15 is 0 Å². The van der Waals surface area contributed by atoms with Crippen LogP contribution in [0.25, 0.3) is 6.08 Å². The third-order valence-electron chi connectivity index (χ3n) is 5.18. The van der Waals surface area contributed by atoms with Crippen molar-refractivity contribution >= 4 is 23.4 Å². The van der Waals surface area contributed by atoms with E-state index < -0.39 is 0 Å². The van der Waals surface area contributed by atoms with E-state index in [1.165, 1.54) is 0 Å². The average molecular weight is 424 g/mol. The zero-order valence-corrected chi connectivity index (χ0v) is 18.0. The summed E-state index contributed by atoms with van der Waals surface area (Å²) in [5.41, 5.74) is 2.96. The number of para-hydroxylation sites is 1. The summed E-state index contributed by atoms with van der Waals surface area (Å²) < 4.78 is 23.0. The largest absolute Gasteiger partial charge is 0.492 e. The first-order valence-electron chi connectivity index (χ1n) is 10.7. The Hall–Kier alpha value is -3.19. The van der Waals surface area contributed by atoms with Gasteiger partial charge in [0.25, 0.3) is 5.91 Å². The Morgan fingerprint density at radius 2 is 1.81 bits per heavy atom. The molecule has 0 saturated carbocycles. The molecule has 0 spiro atoms. The van der Waals surface area contributed by atoms with E-state index in [2.05, 4.69) is 10.2 Å². The highest BCUT2D eigenvalue weighted by Crippen LogP contribution is 2.39. The quantitative estimate of drug-likeness (QED) is 0.730. The van der Waals surface area contributed by atoms with E-state index in [1.54, 1.807) is 0 Å². The van der Waals surface area contributed by atoms with Crippen LogP contribution in [0.2, 0.25) is 0 Å². The lowest BCUT2D eigenvalue weighted by Gasteiger charge is -2.31. The molecule has 1 fully saturated rings. The van der Waals surface area contributed by atoms with E-state index in [0.717, 1.165) is 30.1 Å². The molecule has 0 atom stereocenters. The fourth-order valence-electron chi connectivity index (χ4n) is 3.69. The van der Waals surface area contributed by atoms with Gasteiger partial charge in [-0.15, -0.1) is 0 Å². The van der Waals surface area contributed by atoms with Gasteiger partial charge in [-0.2, -0.15) is 0 Å². The molecule has 1 saturated heterocycles. The first kappa shape index (κ1) is 21.1. The van der Waals surface area contributed by atoms with Crippen LogP contribution in [0.15, 0.2) is 42.0 Å². The molecule has 2 aliphatic rings. The number of carbonyl (C=O) groups is 1. The van der Waals surface area contributed by atoms with Crippen LogP contribution in [-0.4, -0.2) is 52.0 Å². The first-order chi connectivity index (χ1) is 15.2. The molecule has 0 radical (unpaired) electrons. The SMILES string of the molecule is CCOc1cc(N2CCOCC2)c(OCC)cc1NC(=O)C1=Cc2ccccc2OC1. The van der Waals surface area contributed by atoms with Gasteiger partial charge < -0.3 is 29.2 Å². The maximum absolute atomic E-state index is 13.0. The molecule has 2 heterocycles. The lowest BCUT2D eigenvalue weighted by atomic mass is 10.1. The number of carbonyl (C=O) groups excluding carboxylic acids is 1. The van der Waals surface area contributed by atoms with Crippen molar-refractivity contribution in [1.29, 1.82) is 0 Å². The van der Waals surface area contributed by atoms with Gasteiger partial charge in [0.1, 0.15) is 23.9 Å². The third-order valence-corrected chi connectivity index (χ3v) is 5.18. The number of hydrogen-bond acceptors (Lipinski definition) is 6. The number of nitrogens with zero attached hydrogens (tertiary/aromatic N) is 1. The van der Waals surface area contributed by atoms with Crippen LogP contribution >= 0.6 is 0 Å². The Balaban J connectivity index is 1.63. The molecule has 4 rings (SSSR count). The third kappa shape index (κ3) is 4.77. The molecule has 2 aromatic carbocycles. The summed E-state index contributed by atoms with van der Waals surface area (Å²) in [6.45, 7) is 7.99. The molecule has 1 N–H and O–H groups in total. The molecule has 0 unspecified atom stereocenters. The highest BCUT2D eigenvalue weighted by molar-refractivity contribution is 6.08. The summed E-state index contributed by atoms with van der Waals surface area (Å²) in [5, 5.41) is 2.99. The lowest BCUT2D eigenvalue weighted by molar-refractivity contribution is -0.113. The predicted molar refractivity (Wildman–Crippen MR) is 120 cm³/mol. The summed E-state index contributed by atoms with van der Waals surface area (Å²) >= 11 is 0. The fraction of sp³-hybridized carbons (Fsp3) is 0.375. The lowest BCUT2D eigenvalue weighted by Crippen LogP contribution is -2.36. The molecule has 31 heavy (non-hydrogen) atoms. The van der Waals surface area contributed by atoms with Crippen LogP contribution in [0, 0.1) is 0 Å². The number of rotatable bonds is 7. The minimum Gasteiger partial charge on any atom is -0.492 e. The summed E-state index contributed by atoms with van der Waals surface area (Å²) in [6, 6.07) is 11.4. The number of anilines is 2. The number of amides is 1. The average Bonchev–Trinajstić information content (AvgIpc) is 2.81. The van der Waals surface area contributed by atoms with E-state index in [0.29, 0.717) is 49.2 Å². The first-order valence-corrected chi connectivity index (χ1v) is 10.7. The van der Waals surface area contributed by atoms with Crippen LogP contribution in [0.4, 0.5) is 11.4 Å². The van der Waals surface area contributed by atoms with E-state index in [9.17, 15) is 4.79 Å². The summed E-state index contributed by atoms with van der Waals surface area (Å²) in [4.78, 5) is 15.2. The molecule has 7 heteroatoms. The Morgan fingerprint density at radius 1 is 1.06 bits per heavy atom. The van der Waals surface area contributed by atoms with Gasteiger partial charge in [0.15, 0.2) is 0 Å². The zero-order valence-electron chi connectivity index (χ0n) is 18.0. The number of morpholine rings is 1. The minimum absolute atomic E-state index is 0.219. The molecule has 164 valence electrons. The minimum atomic E-state index is -0.225. The van der Waals surface area contributed by atoms with Crippen LogP contribution in [0.1, 0.15) is 19.4 Å². The highest BCUT2D eigenvalue weighted by atomic mass is 16.5. The number of benzene rings is 2. The smallest absolute Gasteiger partial charge is 0.255 e. The van der Waals surface area contributed by atoms with Gasteiger partial charge in [-0.3, -0.25) is 4.79 Å². The second kappa shape index (κ2) is 9.75. The second-order valence-corrected chi connectivity index (χ2v) is 7.23. The summed E-state index contributed by atoms with van der Waals surface area (Å²) in [6.07, 6.45) is 1.86. The standard InChI is InChI=1S/C24H28N2O5/c1-3-29-22-15-20(26-9-11-28-12-10-26)23(30-4-2)14-19(22)25-24(27)18-13-17-7-5-6-8-21(17)31-16-18/h5-8,13-15H,3-4,9-12,16H2,1-2H3,(H,25,27). The number of fused-ring (bicyclic) bond motifs is 1. The molecule has 7 nitrogen and oxygen atoms in total. The molecule has 2 aliphatic heterocycles. The van der Waals surface area contributed by atoms with Crippen LogP contribution in [0.5, 0.6) is 17.2 Å². The van der Waals surface area contributed by atoms with E-state index in [1.807, 2.05) is 56.3 Å². The van der Waals surface area contributed by atoms with Crippen molar-refractivity contribution in [3.8, 4) is 17.2 Å². The van der Waals surface area contributed by atoms with Gasteiger partial charge in [0, 0.05) is 30.8 Å². The molecule has 0 bridgehead atoms. The predicted octanol–water partition coefficient (Wildman–Crippen LogP) is 3.74. The topological polar surface area (TPSA) is 69.3 Å². The molecule has 0 aromatic heterocycles. The Morgan fingerprint density at radius 3 is 2.58 bits per heavy atom. The van der Waals surface area contributed by atoms with Crippen molar-refractivity contribution in [2.75, 3.05) is 56.3 Å². The van der Waals surface area contributed by atoms with Crippen molar-refractivity contribution in [3.63, 3.8) is 0 Å². The molecule has 0 aliphatic carbocycles. The normalized spacial score (nSPS) is 15.4. The maximum atomic E-state index is 13.0. The van der Waals surface area contributed by atoms with Crippen molar-refractivity contribution < 1.29 is 23.7 Å². The van der Waals surface area contributed by atoms with Gasteiger partial charge in [0.2, 0.25) is 0 Å². The molecular formula is C24H28N2O5. The Bertz CT molecular complexity index is 966. The number of nitrogens with one attached hydrogen (secondary N) is 1. The molecule has 1 amide bonds. The fourth-order valence-corrected chi connectivity index (χ4v) is 3.69. The summed E-state index contributed by atoms with van der Waals surface area (Å²) in [7, 11) is 0. The van der Waals surface area contributed by atoms with Crippen LogP contribution < -0.4 is 24.4 Å². The van der Waals surface area contributed by atoms with Crippen LogP contribution in [-0.2, 0) is 9.53 Å².